The predicted octanol–water partition coefficient (Wildman–Crippen LogP) is -1.53. The molecule has 1 aromatic rings. The average molecular weight is 536 g/mol. The summed E-state index contributed by atoms with van der Waals surface area (Å²) in [5, 5.41) is 9.71. The minimum atomic E-state index is -5.07. The van der Waals surface area contributed by atoms with E-state index in [1.165, 1.54) is 5.38 Å². The molecule has 1 aliphatic heterocycles. The van der Waals surface area contributed by atoms with Gasteiger partial charge in [-0.1, -0.05) is 12.1 Å². The summed E-state index contributed by atoms with van der Waals surface area (Å²) >= 11 is 6.37. The molecule has 2 heterocycles. The molecule has 2 atom stereocenters. The molecule has 0 bridgehead atoms. The van der Waals surface area contributed by atoms with E-state index in [4.69, 9.17) is 21.0 Å². The topological polar surface area (TPSA) is 194 Å². The number of hydrogen-bond donors (Lipinski definition) is 3. The Hall–Kier alpha value is -1.82. The standard InChI is InChI=1S/C15H18ClN5O9S2.Na.H/c1-3-4-30-20-9(7-6-31-15(17-7)18-8(22)5-16)12(23)19-10-11(14(25)29-2)21(13(10)24)32(26,27)28;;/h6,10-11H,3-5H2,1-2H3,(H,19,23)(H,17,18,22)(H,26,27,28);;/b20-9-;;. The van der Waals surface area contributed by atoms with Gasteiger partial charge in [0.2, 0.25) is 5.91 Å². The normalized spacial score (nSPS) is 18.0. The van der Waals surface area contributed by atoms with E-state index in [1.54, 1.807) is 6.92 Å². The van der Waals surface area contributed by atoms with E-state index in [0.29, 0.717) is 6.42 Å². The molecule has 0 spiro atoms. The van der Waals surface area contributed by atoms with Gasteiger partial charge in [-0.15, -0.1) is 22.9 Å². The number of thiazole rings is 1. The van der Waals surface area contributed by atoms with E-state index < -0.39 is 51.8 Å². The van der Waals surface area contributed by atoms with Crippen LogP contribution in [0.15, 0.2) is 10.5 Å². The SMILES string of the molecule is CCCO/N=C(\C(=O)NC1C(=O)N(S(=O)(=O)O)C1C(=O)OC)c1csc(NC(=O)CCl)n1.[NaH]. The van der Waals surface area contributed by atoms with Gasteiger partial charge in [-0.2, -0.15) is 12.7 Å². The van der Waals surface area contributed by atoms with Gasteiger partial charge in [0.25, 0.3) is 11.8 Å². The number of hydrogen-bond acceptors (Lipinski definition) is 11. The van der Waals surface area contributed by atoms with Crippen molar-refractivity contribution >= 4 is 97.3 Å². The summed E-state index contributed by atoms with van der Waals surface area (Å²) < 4.78 is 36.2. The number of carbonyl (C=O) groups excluding carboxylic acids is 4. The fourth-order valence-corrected chi connectivity index (χ4v) is 4.04. The maximum atomic E-state index is 12.8. The summed E-state index contributed by atoms with van der Waals surface area (Å²) in [6, 6.07) is -3.49. The van der Waals surface area contributed by atoms with Crippen molar-refractivity contribution in [2.45, 2.75) is 25.4 Å². The molecule has 2 unspecified atom stereocenters. The Morgan fingerprint density at radius 1 is 1.39 bits per heavy atom. The number of β-lactam (4-membered cyclic amide) rings is 1. The number of oxime groups is 1. The van der Waals surface area contributed by atoms with Crippen molar-refractivity contribution in [3.63, 3.8) is 0 Å². The molecule has 1 aromatic heterocycles. The first-order valence-corrected chi connectivity index (χ1v) is 11.6. The zero-order valence-corrected chi connectivity index (χ0v) is 19.0. The Kier molecular flexibility index (Phi) is 11.1. The molecule has 0 radical (unpaired) electrons. The number of esters is 1. The van der Waals surface area contributed by atoms with E-state index in [0.717, 1.165) is 18.4 Å². The molecule has 3 amide bonds. The molecule has 33 heavy (non-hydrogen) atoms. The molecule has 1 aliphatic rings. The molecule has 1 saturated heterocycles. The van der Waals surface area contributed by atoms with Gasteiger partial charge in [0.1, 0.15) is 24.2 Å². The summed E-state index contributed by atoms with van der Waals surface area (Å²) in [6.45, 7) is 1.93. The molecule has 0 aliphatic carbocycles. The third kappa shape index (κ3) is 7.08. The zero-order chi connectivity index (χ0) is 24.1. The molecular formula is C15H19ClN5NaO9S2. The molecule has 3 N–H and O–H groups in total. The van der Waals surface area contributed by atoms with Crippen LogP contribution in [0, 0.1) is 0 Å². The van der Waals surface area contributed by atoms with Crippen LogP contribution in [0.1, 0.15) is 19.0 Å². The molecule has 0 saturated carbocycles. The molecule has 14 nitrogen and oxygen atoms in total. The van der Waals surface area contributed by atoms with Crippen LogP contribution in [0.3, 0.4) is 0 Å². The van der Waals surface area contributed by atoms with Gasteiger partial charge >= 0.3 is 45.8 Å². The van der Waals surface area contributed by atoms with Crippen LogP contribution in [-0.2, 0) is 39.1 Å². The summed E-state index contributed by atoms with van der Waals surface area (Å²) in [7, 11) is -4.14. The van der Waals surface area contributed by atoms with E-state index in [9.17, 15) is 27.6 Å². The Morgan fingerprint density at radius 2 is 2.06 bits per heavy atom. The average Bonchev–Trinajstić information content (AvgIpc) is 3.19. The first-order chi connectivity index (χ1) is 15.0. The third-order valence-corrected chi connectivity index (χ3v) is 5.72. The number of methoxy groups -OCH3 is 1. The van der Waals surface area contributed by atoms with Gasteiger partial charge in [-0.25, -0.2) is 9.78 Å². The second-order valence-corrected chi connectivity index (χ2v) is 8.44. The number of aromatic nitrogens is 1. The van der Waals surface area contributed by atoms with E-state index in [-0.39, 0.29) is 57.2 Å². The molecule has 18 heteroatoms. The van der Waals surface area contributed by atoms with Crippen molar-refractivity contribution < 1.29 is 41.7 Å². The third-order valence-electron chi connectivity index (χ3n) is 3.81. The van der Waals surface area contributed by atoms with Crippen molar-refractivity contribution in [1.82, 2.24) is 14.6 Å². The summed E-state index contributed by atoms with van der Waals surface area (Å²) in [5.41, 5.74) is -0.454. The number of carbonyl (C=O) groups is 4. The van der Waals surface area contributed by atoms with Crippen LogP contribution in [0.25, 0.3) is 0 Å². The first-order valence-electron chi connectivity index (χ1n) is 8.76. The van der Waals surface area contributed by atoms with Crippen molar-refractivity contribution in [3.8, 4) is 0 Å². The Balaban J connectivity index is 0.00000544. The summed E-state index contributed by atoms with van der Waals surface area (Å²) in [4.78, 5) is 57.3. The quantitative estimate of drug-likeness (QED) is 0.0462. The van der Waals surface area contributed by atoms with Gasteiger partial charge in [0.15, 0.2) is 16.9 Å². The monoisotopic (exact) mass is 535 g/mol. The maximum absolute atomic E-state index is 12.8. The Bertz CT molecular complexity index is 1050. The van der Waals surface area contributed by atoms with Crippen LogP contribution in [-0.4, -0.2) is 113 Å². The molecule has 178 valence electrons. The predicted molar refractivity (Wildman–Crippen MR) is 118 cm³/mol. The minimum absolute atomic E-state index is 0. The van der Waals surface area contributed by atoms with Crippen molar-refractivity contribution in [2.24, 2.45) is 5.16 Å². The van der Waals surface area contributed by atoms with E-state index >= 15 is 0 Å². The van der Waals surface area contributed by atoms with E-state index in [2.05, 4.69) is 25.5 Å². The number of nitrogens with one attached hydrogen (secondary N) is 2. The van der Waals surface area contributed by atoms with Crippen molar-refractivity contribution in [1.29, 1.82) is 0 Å². The fourth-order valence-electron chi connectivity index (χ4n) is 2.42. The van der Waals surface area contributed by atoms with Crippen LogP contribution < -0.4 is 10.6 Å². The van der Waals surface area contributed by atoms with Gasteiger partial charge in [0.05, 0.1) is 7.11 Å². The second kappa shape index (κ2) is 12.6. The molecule has 2 rings (SSSR count). The van der Waals surface area contributed by atoms with Crippen LogP contribution in [0.2, 0.25) is 0 Å². The summed E-state index contributed by atoms with van der Waals surface area (Å²) in [6.07, 6.45) is 0.557. The Labute approximate surface area is 219 Å². The number of amides is 3. The Morgan fingerprint density at radius 3 is 2.61 bits per heavy atom. The van der Waals surface area contributed by atoms with Gasteiger partial charge in [-0.05, 0) is 6.42 Å². The van der Waals surface area contributed by atoms with E-state index in [1.807, 2.05) is 0 Å². The number of ether oxygens (including phenoxy) is 1. The second-order valence-electron chi connectivity index (χ2n) is 6.02. The molecule has 0 aromatic carbocycles. The zero-order valence-electron chi connectivity index (χ0n) is 16.6. The van der Waals surface area contributed by atoms with Crippen LogP contribution in [0.5, 0.6) is 0 Å². The van der Waals surface area contributed by atoms with Crippen molar-refractivity contribution in [2.75, 3.05) is 24.9 Å². The molecule has 1 fully saturated rings. The summed E-state index contributed by atoms with van der Waals surface area (Å²) in [5.74, 6) is -4.35. The van der Waals surface area contributed by atoms with Crippen molar-refractivity contribution in [3.05, 3.63) is 11.1 Å². The van der Waals surface area contributed by atoms with Gasteiger partial charge in [0, 0.05) is 5.38 Å². The number of rotatable bonds is 10. The number of nitrogens with zero attached hydrogens (tertiary/aromatic N) is 3. The first kappa shape index (κ1) is 29.2. The van der Waals surface area contributed by atoms with Crippen LogP contribution in [0.4, 0.5) is 5.13 Å². The number of anilines is 1. The van der Waals surface area contributed by atoms with Gasteiger partial charge < -0.3 is 20.2 Å². The molecular weight excluding hydrogens is 517 g/mol. The number of alkyl halides is 1. The van der Waals surface area contributed by atoms with Crippen LogP contribution >= 0.6 is 22.9 Å². The number of halogens is 1. The van der Waals surface area contributed by atoms with Gasteiger partial charge in [-0.3, -0.25) is 18.9 Å². The fraction of sp³-hybridized carbons (Fsp3) is 0.467.